The Morgan fingerprint density at radius 1 is 0.600 bits per heavy atom. The third-order valence-corrected chi connectivity index (χ3v) is 9.95. The monoisotopic (exact) mass is 909 g/mol. The normalized spacial score (nSPS) is 13.1. The molecule has 3 aromatic rings. The molecule has 1 heterocycles. The van der Waals surface area contributed by atoms with E-state index in [1.165, 1.54) is 7.11 Å². The van der Waals surface area contributed by atoms with Crippen LogP contribution in [0.3, 0.4) is 0 Å². The van der Waals surface area contributed by atoms with E-state index < -0.39 is 47.0 Å². The van der Waals surface area contributed by atoms with Gasteiger partial charge in [0, 0.05) is 38.0 Å². The molecule has 360 valence electrons. The average molecular weight is 909 g/mol. The average Bonchev–Trinajstić information content (AvgIpc) is 3.27. The summed E-state index contributed by atoms with van der Waals surface area (Å²) in [6.07, 6.45) is 1.14. The Balaban J connectivity index is 1.65. The largest absolute Gasteiger partial charge is 0.453 e. The first-order chi connectivity index (χ1) is 31.1. The number of nitrogens with zero attached hydrogens (tertiary/aromatic N) is 2. The Hall–Kier alpha value is -5.17. The molecule has 3 rings (SSSR count). The van der Waals surface area contributed by atoms with Crippen LogP contribution in [0.2, 0.25) is 0 Å². The number of alkyl carbamates (subject to hydrolysis) is 2. The lowest BCUT2D eigenvalue weighted by Gasteiger charge is -2.34. The van der Waals surface area contributed by atoms with Gasteiger partial charge in [0.25, 0.3) is 5.91 Å². The smallest absolute Gasteiger partial charge is 0.407 e. The van der Waals surface area contributed by atoms with Crippen molar-refractivity contribution in [2.75, 3.05) is 86.8 Å². The molecule has 0 aliphatic rings. The first-order valence-corrected chi connectivity index (χ1v) is 22.1. The molecule has 0 spiro atoms. The molecule has 4 amide bonds. The predicted molar refractivity (Wildman–Crippen MR) is 247 cm³/mol. The van der Waals surface area contributed by atoms with Crippen molar-refractivity contribution in [3.63, 3.8) is 0 Å². The molecule has 0 saturated heterocycles. The number of hydrogen-bond acceptors (Lipinski definition) is 13. The highest BCUT2D eigenvalue weighted by molar-refractivity contribution is 5.87. The van der Waals surface area contributed by atoms with Crippen LogP contribution in [0.1, 0.15) is 59.1 Å². The minimum absolute atomic E-state index is 0.0220. The van der Waals surface area contributed by atoms with Gasteiger partial charge < -0.3 is 49.1 Å². The first-order valence-electron chi connectivity index (χ1n) is 22.1. The maximum Gasteiger partial charge on any atom is 0.407 e. The van der Waals surface area contributed by atoms with Crippen molar-refractivity contribution >= 4 is 24.0 Å². The standard InChI is InChI=1S/C48H72N6O11/c1-47(2,3)41(52-46(58)65-33-32-64-31-30-63-29-28-62-27-26-61-25-24-59-7)43(55)50-39(34-36-14-10-9-11-15-36)21-23-54(53-44(56)42(48(4,5)6)51-45(57)60-8)35-37-17-19-38(20-18-37)40-16-12-13-22-49-40/h9-20,22,39,41-42H,21,23-35H2,1-8H3,(H,50,55)(H,51,57)(H,52,58)(H,53,56)/t39-,41-,42-/m0/s1. The van der Waals surface area contributed by atoms with Crippen LogP contribution in [0.4, 0.5) is 9.59 Å². The van der Waals surface area contributed by atoms with E-state index in [4.69, 9.17) is 33.2 Å². The topological polar surface area (TPSA) is 197 Å². The molecule has 65 heavy (non-hydrogen) atoms. The van der Waals surface area contributed by atoms with Gasteiger partial charge in [0.05, 0.1) is 72.3 Å². The second-order valence-electron chi connectivity index (χ2n) is 17.4. The number of rotatable bonds is 29. The molecular weight excluding hydrogens is 837 g/mol. The van der Waals surface area contributed by atoms with Gasteiger partial charge >= 0.3 is 12.2 Å². The highest BCUT2D eigenvalue weighted by Gasteiger charge is 2.36. The van der Waals surface area contributed by atoms with Crippen molar-refractivity contribution in [3.8, 4) is 11.3 Å². The van der Waals surface area contributed by atoms with Crippen molar-refractivity contribution in [1.82, 2.24) is 31.4 Å². The van der Waals surface area contributed by atoms with Crippen LogP contribution in [0, 0.1) is 10.8 Å². The lowest BCUT2D eigenvalue weighted by Crippen LogP contribution is -2.58. The van der Waals surface area contributed by atoms with Crippen LogP contribution in [-0.2, 0) is 55.7 Å². The maximum atomic E-state index is 14.2. The van der Waals surface area contributed by atoms with E-state index in [9.17, 15) is 19.2 Å². The van der Waals surface area contributed by atoms with Crippen LogP contribution in [0.5, 0.6) is 0 Å². The van der Waals surface area contributed by atoms with Gasteiger partial charge in [0.2, 0.25) is 5.91 Å². The van der Waals surface area contributed by atoms with Crippen LogP contribution in [0.25, 0.3) is 11.3 Å². The Labute approximate surface area is 384 Å². The first kappa shape index (κ1) is 54.2. The van der Waals surface area contributed by atoms with Crippen LogP contribution < -0.4 is 21.4 Å². The molecule has 0 radical (unpaired) electrons. The zero-order valence-corrected chi connectivity index (χ0v) is 39.5. The molecule has 17 nitrogen and oxygen atoms in total. The van der Waals surface area contributed by atoms with Crippen molar-refractivity contribution in [2.24, 2.45) is 10.8 Å². The van der Waals surface area contributed by atoms with E-state index in [1.807, 2.05) is 114 Å². The Bertz CT molecular complexity index is 1810. The van der Waals surface area contributed by atoms with E-state index in [0.29, 0.717) is 78.8 Å². The predicted octanol–water partition coefficient (Wildman–Crippen LogP) is 5.32. The summed E-state index contributed by atoms with van der Waals surface area (Å²) in [5.41, 5.74) is 5.38. The number of pyridine rings is 1. The second-order valence-corrected chi connectivity index (χ2v) is 17.4. The number of methoxy groups -OCH3 is 2. The van der Waals surface area contributed by atoms with Gasteiger partial charge in [0.1, 0.15) is 18.7 Å². The summed E-state index contributed by atoms with van der Waals surface area (Å²) in [7, 11) is 2.87. The molecule has 1 aromatic heterocycles. The highest BCUT2D eigenvalue weighted by Crippen LogP contribution is 2.23. The fourth-order valence-electron chi connectivity index (χ4n) is 6.43. The lowest BCUT2D eigenvalue weighted by atomic mass is 9.86. The lowest BCUT2D eigenvalue weighted by molar-refractivity contribution is -0.131. The van der Waals surface area contributed by atoms with Crippen molar-refractivity contribution in [1.29, 1.82) is 0 Å². The molecule has 0 bridgehead atoms. The van der Waals surface area contributed by atoms with E-state index in [0.717, 1.165) is 22.4 Å². The van der Waals surface area contributed by atoms with E-state index in [2.05, 4.69) is 26.4 Å². The molecule has 0 saturated carbocycles. The number of ether oxygens (including phenoxy) is 7. The molecule has 0 fully saturated rings. The Morgan fingerprint density at radius 3 is 1.68 bits per heavy atom. The number of aromatic nitrogens is 1. The summed E-state index contributed by atoms with van der Waals surface area (Å²) >= 11 is 0. The van der Waals surface area contributed by atoms with Gasteiger partial charge in [-0.2, -0.15) is 0 Å². The van der Waals surface area contributed by atoms with Gasteiger partial charge in [-0.1, -0.05) is 102 Å². The summed E-state index contributed by atoms with van der Waals surface area (Å²) in [6, 6.07) is 21.1. The maximum absolute atomic E-state index is 14.2. The molecular formula is C48H72N6O11. The van der Waals surface area contributed by atoms with Gasteiger partial charge in [0.15, 0.2) is 0 Å². The van der Waals surface area contributed by atoms with Crippen LogP contribution >= 0.6 is 0 Å². The molecule has 2 aromatic carbocycles. The zero-order chi connectivity index (χ0) is 47.5. The minimum atomic E-state index is -0.952. The number of carbonyl (C=O) groups excluding carboxylic acids is 4. The van der Waals surface area contributed by atoms with E-state index >= 15 is 0 Å². The highest BCUT2D eigenvalue weighted by atomic mass is 16.6. The summed E-state index contributed by atoms with van der Waals surface area (Å²) < 4.78 is 37.0. The zero-order valence-electron chi connectivity index (χ0n) is 39.5. The molecule has 4 N–H and O–H groups in total. The summed E-state index contributed by atoms with van der Waals surface area (Å²) in [5.74, 6) is -0.814. The summed E-state index contributed by atoms with van der Waals surface area (Å²) in [5, 5.41) is 10.4. The van der Waals surface area contributed by atoms with Gasteiger partial charge in [-0.3, -0.25) is 20.0 Å². The Morgan fingerprint density at radius 2 is 1.14 bits per heavy atom. The third kappa shape index (κ3) is 22.0. The van der Waals surface area contributed by atoms with Gasteiger partial charge in [-0.15, -0.1) is 0 Å². The van der Waals surface area contributed by atoms with E-state index in [1.54, 1.807) is 18.3 Å². The number of carbonyl (C=O) groups is 4. The molecule has 0 aliphatic carbocycles. The fraction of sp³-hybridized carbons (Fsp3) is 0.562. The molecule has 3 atom stereocenters. The van der Waals surface area contributed by atoms with Crippen LogP contribution in [-0.4, -0.2) is 139 Å². The van der Waals surface area contributed by atoms with Gasteiger partial charge in [-0.05, 0) is 46.9 Å². The number of hydrazine groups is 1. The minimum Gasteiger partial charge on any atom is -0.453 e. The number of hydrogen-bond donors (Lipinski definition) is 4. The van der Waals surface area contributed by atoms with Gasteiger partial charge in [-0.25, -0.2) is 14.6 Å². The quantitative estimate of drug-likeness (QED) is 0.0517. The second kappa shape index (κ2) is 29.4. The molecule has 0 aliphatic heterocycles. The summed E-state index contributed by atoms with van der Waals surface area (Å²) in [6.45, 7) is 15.4. The molecule has 0 unspecified atom stereocenters. The van der Waals surface area contributed by atoms with Crippen molar-refractivity contribution < 1.29 is 52.3 Å². The third-order valence-electron chi connectivity index (χ3n) is 9.95. The summed E-state index contributed by atoms with van der Waals surface area (Å²) in [4.78, 5) is 57.9. The molecule has 17 heteroatoms. The number of amides is 4. The van der Waals surface area contributed by atoms with Crippen LogP contribution in [0.15, 0.2) is 79.0 Å². The van der Waals surface area contributed by atoms with Crippen molar-refractivity contribution in [2.45, 2.75) is 79.1 Å². The van der Waals surface area contributed by atoms with E-state index in [-0.39, 0.29) is 19.1 Å². The number of nitrogens with one attached hydrogen (secondary N) is 4. The Kier molecular flexibility index (Phi) is 24.5. The SMILES string of the molecule is COCCOCCOCCOCCOCCOC(=O)N[C@@H](C(=O)N[C@@H](CCN(Cc1ccc(-c2ccccn2)cc1)NC(=O)[C@H](NC(=O)OC)C(C)(C)C)Cc1ccccc1)C(C)(C)C. The number of benzene rings is 2. The fourth-order valence-corrected chi connectivity index (χ4v) is 6.43. The van der Waals surface area contributed by atoms with Crippen molar-refractivity contribution in [3.05, 3.63) is 90.1 Å².